The lowest BCUT2D eigenvalue weighted by Crippen LogP contribution is -2.16. The van der Waals surface area contributed by atoms with E-state index in [0.29, 0.717) is 27.6 Å². The lowest BCUT2D eigenvalue weighted by atomic mass is 10.2. The van der Waals surface area contributed by atoms with Gasteiger partial charge in [-0.25, -0.2) is 4.39 Å². The van der Waals surface area contributed by atoms with Gasteiger partial charge < -0.3 is 14.9 Å². The molecule has 0 unspecified atom stereocenters. The lowest BCUT2D eigenvalue weighted by Gasteiger charge is -2.10. The molecule has 0 bridgehead atoms. The summed E-state index contributed by atoms with van der Waals surface area (Å²) in [7, 11) is 0. The molecule has 0 aromatic heterocycles. The van der Waals surface area contributed by atoms with Crippen molar-refractivity contribution in [3.8, 4) is 5.75 Å². The van der Waals surface area contributed by atoms with Crippen LogP contribution >= 0.6 is 11.6 Å². The molecule has 3 aromatic carbocycles. The van der Waals surface area contributed by atoms with Crippen LogP contribution in [0.25, 0.3) is 0 Å². The van der Waals surface area contributed by atoms with Crippen molar-refractivity contribution in [3.63, 3.8) is 0 Å². The molecule has 1 amide bonds. The number of halogens is 2. The van der Waals surface area contributed by atoms with Crippen molar-refractivity contribution in [2.45, 2.75) is 13.5 Å². The zero-order chi connectivity index (χ0) is 21.3. The van der Waals surface area contributed by atoms with Crippen LogP contribution in [0.3, 0.4) is 0 Å². The van der Waals surface area contributed by atoms with Gasteiger partial charge in [0, 0.05) is 21.8 Å². The number of oxime groups is 1. The Morgan fingerprint density at radius 1 is 1.13 bits per heavy atom. The largest absolute Gasteiger partial charge is 0.488 e. The van der Waals surface area contributed by atoms with Crippen molar-refractivity contribution in [1.82, 2.24) is 0 Å². The molecule has 0 aliphatic carbocycles. The molecule has 30 heavy (non-hydrogen) atoms. The van der Waals surface area contributed by atoms with E-state index in [1.165, 1.54) is 12.3 Å². The Morgan fingerprint density at radius 3 is 2.67 bits per heavy atom. The molecule has 5 nitrogen and oxygen atoms in total. The van der Waals surface area contributed by atoms with E-state index in [-0.39, 0.29) is 24.9 Å². The average Bonchev–Trinajstić information content (AvgIpc) is 2.73. The van der Waals surface area contributed by atoms with Crippen LogP contribution in [0.2, 0.25) is 5.02 Å². The normalized spacial score (nSPS) is 10.8. The van der Waals surface area contributed by atoms with Crippen LogP contribution in [0, 0.1) is 12.7 Å². The fourth-order valence-corrected chi connectivity index (χ4v) is 2.73. The number of nitrogens with zero attached hydrogens (tertiary/aromatic N) is 1. The van der Waals surface area contributed by atoms with E-state index < -0.39 is 0 Å². The summed E-state index contributed by atoms with van der Waals surface area (Å²) in [6.07, 6.45) is 1.39. The standard InChI is InChI=1S/C23H20ClFN2O3/c1-16-6-9-20(10-7-16)27-23(28)15-30-26-13-18-12-19(24)8-11-22(18)29-14-17-4-2-3-5-21(17)25/h2-13H,14-15H2,1H3,(H,27,28)/b26-13+. The van der Waals surface area contributed by atoms with E-state index >= 15 is 0 Å². The van der Waals surface area contributed by atoms with Gasteiger partial charge >= 0.3 is 0 Å². The highest BCUT2D eigenvalue weighted by Crippen LogP contribution is 2.23. The highest BCUT2D eigenvalue weighted by molar-refractivity contribution is 6.30. The maximum atomic E-state index is 13.8. The monoisotopic (exact) mass is 426 g/mol. The molecule has 154 valence electrons. The van der Waals surface area contributed by atoms with Crippen molar-refractivity contribution < 1.29 is 18.8 Å². The summed E-state index contributed by atoms with van der Waals surface area (Å²) in [5.41, 5.74) is 2.75. The zero-order valence-electron chi connectivity index (χ0n) is 16.3. The molecule has 3 rings (SSSR count). The smallest absolute Gasteiger partial charge is 0.265 e. The number of amides is 1. The summed E-state index contributed by atoms with van der Waals surface area (Å²) in [4.78, 5) is 17.0. The predicted molar refractivity (Wildman–Crippen MR) is 116 cm³/mol. The number of rotatable bonds is 8. The first kappa shape index (κ1) is 21.3. The number of carbonyl (C=O) groups is 1. The number of benzene rings is 3. The van der Waals surface area contributed by atoms with Gasteiger partial charge in [-0.1, -0.05) is 52.7 Å². The first-order valence-corrected chi connectivity index (χ1v) is 9.56. The second-order valence-electron chi connectivity index (χ2n) is 6.48. The van der Waals surface area contributed by atoms with Crippen LogP contribution < -0.4 is 10.1 Å². The molecular weight excluding hydrogens is 407 g/mol. The summed E-state index contributed by atoms with van der Waals surface area (Å²) < 4.78 is 19.5. The molecule has 0 saturated carbocycles. The Hall–Kier alpha value is -3.38. The SMILES string of the molecule is Cc1ccc(NC(=O)CO/N=C/c2cc(Cl)ccc2OCc2ccccc2F)cc1. The Morgan fingerprint density at radius 2 is 1.90 bits per heavy atom. The van der Waals surface area contributed by atoms with Crippen molar-refractivity contribution in [2.75, 3.05) is 11.9 Å². The summed E-state index contributed by atoms with van der Waals surface area (Å²) >= 11 is 6.04. The maximum Gasteiger partial charge on any atom is 0.265 e. The van der Waals surface area contributed by atoms with E-state index in [4.69, 9.17) is 21.2 Å². The van der Waals surface area contributed by atoms with Crippen LogP contribution in [0.4, 0.5) is 10.1 Å². The highest BCUT2D eigenvalue weighted by Gasteiger charge is 2.07. The predicted octanol–water partition coefficient (Wildman–Crippen LogP) is 5.36. The molecule has 0 atom stereocenters. The second kappa shape index (κ2) is 10.4. The Balaban J connectivity index is 1.56. The van der Waals surface area contributed by atoms with Gasteiger partial charge in [-0.05, 0) is 43.3 Å². The van der Waals surface area contributed by atoms with Gasteiger partial charge in [0.15, 0.2) is 6.61 Å². The van der Waals surface area contributed by atoms with E-state index in [0.717, 1.165) is 5.56 Å². The van der Waals surface area contributed by atoms with Crippen LogP contribution in [0.5, 0.6) is 5.75 Å². The highest BCUT2D eigenvalue weighted by atomic mass is 35.5. The molecule has 0 saturated heterocycles. The fraction of sp³-hybridized carbons (Fsp3) is 0.130. The number of hydrogen-bond acceptors (Lipinski definition) is 4. The van der Waals surface area contributed by atoms with E-state index in [1.807, 2.05) is 31.2 Å². The van der Waals surface area contributed by atoms with Crippen molar-refractivity contribution >= 4 is 29.4 Å². The molecule has 0 aliphatic rings. The zero-order valence-corrected chi connectivity index (χ0v) is 17.0. The van der Waals surface area contributed by atoms with Gasteiger partial charge in [-0.15, -0.1) is 0 Å². The Labute approximate surface area is 179 Å². The van der Waals surface area contributed by atoms with Crippen molar-refractivity contribution in [2.24, 2.45) is 5.16 Å². The van der Waals surface area contributed by atoms with E-state index in [2.05, 4.69) is 10.5 Å². The summed E-state index contributed by atoms with van der Waals surface area (Å²) in [5.74, 6) is -0.221. The van der Waals surface area contributed by atoms with E-state index in [1.54, 1.807) is 36.4 Å². The first-order chi connectivity index (χ1) is 14.5. The third kappa shape index (κ3) is 6.32. The van der Waals surface area contributed by atoms with Gasteiger partial charge in [0.25, 0.3) is 5.91 Å². The van der Waals surface area contributed by atoms with Crippen LogP contribution in [-0.2, 0) is 16.2 Å². The molecule has 0 heterocycles. The quantitative estimate of drug-likeness (QED) is 0.390. The summed E-state index contributed by atoms with van der Waals surface area (Å²) in [6.45, 7) is 1.76. The van der Waals surface area contributed by atoms with Crippen molar-refractivity contribution in [1.29, 1.82) is 0 Å². The fourth-order valence-electron chi connectivity index (χ4n) is 2.55. The molecule has 0 aliphatic heterocycles. The molecular formula is C23H20ClFN2O3. The number of aryl methyl sites for hydroxylation is 1. The maximum absolute atomic E-state index is 13.8. The molecule has 0 fully saturated rings. The second-order valence-corrected chi connectivity index (χ2v) is 6.92. The molecule has 1 N–H and O–H groups in total. The van der Waals surface area contributed by atoms with Gasteiger partial charge in [-0.3, -0.25) is 4.79 Å². The third-order valence-corrected chi connectivity index (χ3v) is 4.35. The number of nitrogens with one attached hydrogen (secondary N) is 1. The van der Waals surface area contributed by atoms with Gasteiger partial charge in [-0.2, -0.15) is 0 Å². The van der Waals surface area contributed by atoms with Gasteiger partial charge in [0.05, 0.1) is 6.21 Å². The number of carbonyl (C=O) groups excluding carboxylic acids is 1. The number of hydrogen-bond donors (Lipinski definition) is 1. The van der Waals surface area contributed by atoms with Gasteiger partial charge in [0.2, 0.25) is 0 Å². The van der Waals surface area contributed by atoms with Gasteiger partial charge in [0.1, 0.15) is 18.2 Å². The van der Waals surface area contributed by atoms with Crippen molar-refractivity contribution in [3.05, 3.63) is 94.3 Å². The lowest BCUT2D eigenvalue weighted by molar-refractivity contribution is -0.120. The van der Waals surface area contributed by atoms with Crippen LogP contribution in [0.15, 0.2) is 71.9 Å². The van der Waals surface area contributed by atoms with Crippen LogP contribution in [-0.4, -0.2) is 18.7 Å². The molecule has 0 spiro atoms. The Bertz CT molecular complexity index is 1040. The molecule has 0 radical (unpaired) electrons. The Kier molecular flexibility index (Phi) is 7.40. The van der Waals surface area contributed by atoms with E-state index in [9.17, 15) is 9.18 Å². The number of ether oxygens (including phenoxy) is 1. The topological polar surface area (TPSA) is 59.9 Å². The minimum atomic E-state index is -0.343. The third-order valence-electron chi connectivity index (χ3n) is 4.11. The average molecular weight is 427 g/mol. The summed E-state index contributed by atoms with van der Waals surface area (Å²) in [5, 5.41) is 7.00. The molecule has 3 aromatic rings. The minimum absolute atomic E-state index is 0.0506. The summed E-state index contributed by atoms with van der Waals surface area (Å²) in [6, 6.07) is 18.7. The minimum Gasteiger partial charge on any atom is -0.488 e. The number of anilines is 1. The first-order valence-electron chi connectivity index (χ1n) is 9.19. The molecule has 7 heteroatoms. The van der Waals surface area contributed by atoms with Crippen LogP contribution in [0.1, 0.15) is 16.7 Å².